The minimum absolute atomic E-state index is 0.0964. The fourth-order valence-electron chi connectivity index (χ4n) is 6.26. The first-order valence-corrected chi connectivity index (χ1v) is 20.2. The van der Waals surface area contributed by atoms with E-state index in [2.05, 4.69) is 10.2 Å². The number of fused-ring (bicyclic) bond motifs is 2. The molecule has 0 saturated heterocycles. The summed E-state index contributed by atoms with van der Waals surface area (Å²) < 4.78 is 70.7. The number of benzene rings is 5. The summed E-state index contributed by atoms with van der Waals surface area (Å²) in [6.07, 6.45) is 1.55. The summed E-state index contributed by atoms with van der Waals surface area (Å²) in [5.74, 6) is 0.336. The van der Waals surface area contributed by atoms with Gasteiger partial charge in [0.2, 0.25) is 0 Å². The molecule has 1 aliphatic carbocycles. The van der Waals surface area contributed by atoms with E-state index < -0.39 is 20.2 Å². The Balaban J connectivity index is 1.35. The van der Waals surface area contributed by atoms with Crippen molar-refractivity contribution >= 4 is 42.8 Å². The fourth-order valence-corrected chi connectivity index (χ4v) is 7.22. The Morgan fingerprint density at radius 3 is 2.11 bits per heavy atom. The van der Waals surface area contributed by atoms with Crippen LogP contribution in [0, 0.1) is 0 Å². The topological polar surface area (TPSA) is 196 Å². The van der Waals surface area contributed by atoms with E-state index in [9.17, 15) is 30.7 Å². The van der Waals surface area contributed by atoms with Crippen molar-refractivity contribution in [3.63, 3.8) is 0 Å². The van der Waals surface area contributed by atoms with Crippen LogP contribution in [-0.2, 0) is 38.0 Å². The molecule has 286 valence electrons. The second kappa shape index (κ2) is 16.9. The Morgan fingerprint density at radius 1 is 0.800 bits per heavy atom. The summed E-state index contributed by atoms with van der Waals surface area (Å²) in [6.45, 7) is 1.38. The van der Waals surface area contributed by atoms with Gasteiger partial charge in [-0.3, -0.25) is 24.1 Å². The number of anilines is 1. The third kappa shape index (κ3) is 9.64. The predicted octanol–water partition coefficient (Wildman–Crippen LogP) is 6.45. The van der Waals surface area contributed by atoms with Gasteiger partial charge in [-0.15, -0.1) is 0 Å². The molecule has 0 saturated carbocycles. The first-order valence-electron chi connectivity index (χ1n) is 17.3. The molecule has 0 spiro atoms. The van der Waals surface area contributed by atoms with Crippen molar-refractivity contribution in [2.75, 3.05) is 38.6 Å². The Labute approximate surface area is 318 Å². The predicted molar refractivity (Wildman–Crippen MR) is 207 cm³/mol. The number of nitrogens with one attached hydrogen (secondary N) is 1. The lowest BCUT2D eigenvalue weighted by Gasteiger charge is -2.21. The standard InChI is InChI=1S/C40H39N3O10S2/c1-43(23-4-24-52-45)40(44)34-6-3-2-5-33(34)39-35-17-11-29(41-21-19-27-7-13-31(14-8-27)54(46,47)48)25-37(35)53-38-26-30(12-18-36(38)39)42-22-20-28-9-15-32(16-10-28)55(49,50)51/h2-3,5-18,25-26,41,45H,4,19-24H2,1H3,(H,46,47,48)(H,49,50,51). The van der Waals surface area contributed by atoms with Crippen LogP contribution < -0.4 is 10.7 Å². The SMILES string of the molecule is CN(CCCOO)C(=O)c1ccccc1-c1c2ccc(=NCCc3ccc(S(=O)(=O)O)cc3)cc-2oc2cc(NCCc3ccc(S(=O)(=O)O)cc3)ccc12. The van der Waals surface area contributed by atoms with E-state index in [1.54, 1.807) is 42.3 Å². The number of carbonyl (C=O) groups excluding carboxylic acids is 1. The van der Waals surface area contributed by atoms with E-state index in [0.29, 0.717) is 66.7 Å². The van der Waals surface area contributed by atoms with Crippen molar-refractivity contribution in [3.05, 3.63) is 131 Å². The number of amides is 1. The van der Waals surface area contributed by atoms with Crippen molar-refractivity contribution in [1.82, 2.24) is 4.90 Å². The first kappa shape index (κ1) is 39.3. The lowest BCUT2D eigenvalue weighted by molar-refractivity contribution is -0.242. The van der Waals surface area contributed by atoms with Crippen molar-refractivity contribution in [2.45, 2.75) is 29.1 Å². The van der Waals surface area contributed by atoms with E-state index in [1.165, 1.54) is 24.3 Å². The van der Waals surface area contributed by atoms with Crippen LogP contribution >= 0.6 is 0 Å². The van der Waals surface area contributed by atoms with Gasteiger partial charge in [0.15, 0.2) is 0 Å². The maximum atomic E-state index is 13.8. The molecule has 6 rings (SSSR count). The van der Waals surface area contributed by atoms with Gasteiger partial charge in [0.1, 0.15) is 11.3 Å². The fraction of sp³-hybridized carbons (Fsp3) is 0.200. The van der Waals surface area contributed by atoms with Crippen LogP contribution in [0.1, 0.15) is 27.9 Å². The van der Waals surface area contributed by atoms with E-state index in [-0.39, 0.29) is 22.3 Å². The monoisotopic (exact) mass is 785 g/mol. The van der Waals surface area contributed by atoms with E-state index >= 15 is 0 Å². The Hall–Kier alpha value is -5.42. The molecule has 0 aromatic heterocycles. The molecule has 1 heterocycles. The first-order chi connectivity index (χ1) is 26.3. The van der Waals surface area contributed by atoms with Gasteiger partial charge in [-0.1, -0.05) is 42.5 Å². The smallest absolute Gasteiger partial charge is 0.294 e. The molecule has 0 fully saturated rings. The van der Waals surface area contributed by atoms with Gasteiger partial charge in [0.25, 0.3) is 26.1 Å². The maximum Gasteiger partial charge on any atom is 0.294 e. The molecular formula is C40H39N3O10S2. The molecule has 0 radical (unpaired) electrons. The highest BCUT2D eigenvalue weighted by atomic mass is 32.2. The molecule has 55 heavy (non-hydrogen) atoms. The van der Waals surface area contributed by atoms with E-state index in [4.69, 9.17) is 14.7 Å². The van der Waals surface area contributed by atoms with E-state index in [0.717, 1.165) is 33.3 Å². The van der Waals surface area contributed by atoms with E-state index in [1.807, 2.05) is 54.6 Å². The summed E-state index contributed by atoms with van der Waals surface area (Å²) in [5.41, 5.74) is 5.79. The molecular weight excluding hydrogens is 747 g/mol. The zero-order chi connectivity index (χ0) is 39.2. The second-order valence-electron chi connectivity index (χ2n) is 12.9. The molecule has 2 aliphatic rings. The van der Waals surface area contributed by atoms with Gasteiger partial charge in [-0.2, -0.15) is 16.8 Å². The molecule has 13 nitrogen and oxygen atoms in total. The van der Waals surface area contributed by atoms with Crippen LogP contribution in [-0.4, -0.2) is 75.3 Å². The zero-order valence-electron chi connectivity index (χ0n) is 29.8. The molecule has 4 aromatic carbocycles. The summed E-state index contributed by atoms with van der Waals surface area (Å²) in [7, 11) is -6.86. The molecule has 0 atom stereocenters. The van der Waals surface area contributed by atoms with Crippen LogP contribution in [0.15, 0.2) is 128 Å². The third-order valence-corrected chi connectivity index (χ3v) is 10.8. The summed E-state index contributed by atoms with van der Waals surface area (Å²) >= 11 is 0. The third-order valence-electron chi connectivity index (χ3n) is 9.09. The van der Waals surface area contributed by atoms with Crippen molar-refractivity contribution < 1.29 is 45.3 Å². The number of hydrogen-bond donors (Lipinski definition) is 4. The summed E-state index contributed by atoms with van der Waals surface area (Å²) in [4.78, 5) is 24.0. The van der Waals surface area contributed by atoms with Gasteiger partial charge in [0, 0.05) is 66.6 Å². The number of nitrogens with zero attached hydrogens (tertiary/aromatic N) is 2. The summed E-state index contributed by atoms with van der Waals surface area (Å²) in [5, 5.41) is 13.6. The largest absolute Gasteiger partial charge is 0.456 e. The van der Waals surface area contributed by atoms with Crippen molar-refractivity contribution in [2.24, 2.45) is 4.99 Å². The molecule has 0 unspecified atom stereocenters. The highest BCUT2D eigenvalue weighted by Gasteiger charge is 2.23. The van der Waals surface area contributed by atoms with Crippen LogP contribution in [0.5, 0.6) is 0 Å². The Bertz CT molecular complexity index is 2570. The van der Waals surface area contributed by atoms with Crippen LogP contribution in [0.3, 0.4) is 0 Å². The van der Waals surface area contributed by atoms with Crippen LogP contribution in [0.4, 0.5) is 5.69 Å². The molecule has 4 N–H and O–H groups in total. The minimum atomic E-state index is -4.28. The van der Waals surface area contributed by atoms with Crippen LogP contribution in [0.25, 0.3) is 33.4 Å². The van der Waals surface area contributed by atoms with Gasteiger partial charge in [0.05, 0.1) is 21.8 Å². The normalized spacial score (nSPS) is 12.3. The number of hydrogen-bond acceptors (Lipinski definition) is 10. The lowest BCUT2D eigenvalue weighted by Crippen LogP contribution is -2.28. The molecule has 15 heteroatoms. The maximum absolute atomic E-state index is 13.8. The van der Waals surface area contributed by atoms with Gasteiger partial charge >= 0.3 is 0 Å². The molecule has 4 aromatic rings. The average molecular weight is 786 g/mol. The molecule has 0 bridgehead atoms. The molecule has 1 aliphatic heterocycles. The highest BCUT2D eigenvalue weighted by molar-refractivity contribution is 7.86. The summed E-state index contributed by atoms with van der Waals surface area (Å²) in [6, 6.07) is 30.7. The Kier molecular flexibility index (Phi) is 12.1. The van der Waals surface area contributed by atoms with Crippen molar-refractivity contribution in [3.8, 4) is 22.5 Å². The second-order valence-corrected chi connectivity index (χ2v) is 15.7. The minimum Gasteiger partial charge on any atom is -0.456 e. The van der Waals surface area contributed by atoms with Gasteiger partial charge < -0.3 is 14.6 Å². The number of rotatable bonds is 15. The van der Waals surface area contributed by atoms with Crippen LogP contribution in [0.2, 0.25) is 0 Å². The van der Waals surface area contributed by atoms with Gasteiger partial charge in [-0.05, 0) is 90.6 Å². The quantitative estimate of drug-likeness (QED) is 0.0294. The van der Waals surface area contributed by atoms with Gasteiger partial charge in [-0.25, -0.2) is 4.89 Å². The number of carbonyl (C=O) groups is 1. The van der Waals surface area contributed by atoms with Crippen molar-refractivity contribution in [1.29, 1.82) is 0 Å². The zero-order valence-corrected chi connectivity index (χ0v) is 31.4. The average Bonchev–Trinajstić information content (AvgIpc) is 3.16. The Morgan fingerprint density at radius 2 is 1.45 bits per heavy atom. The molecule has 1 amide bonds. The lowest BCUT2D eigenvalue weighted by atomic mass is 9.90. The highest BCUT2D eigenvalue weighted by Crippen LogP contribution is 2.42.